The molecule has 1 atom stereocenters. The van der Waals surface area contributed by atoms with Gasteiger partial charge in [0.1, 0.15) is 5.75 Å². The van der Waals surface area contributed by atoms with Crippen LogP contribution in [0.15, 0.2) is 60.9 Å². The number of hydrogen-bond acceptors (Lipinski definition) is 4. The number of benzene rings is 2. The Labute approximate surface area is 227 Å². The molecular weight excluding hydrogens is 536 g/mol. The third kappa shape index (κ3) is 7.12. The molecule has 1 saturated heterocycles. The van der Waals surface area contributed by atoms with E-state index >= 15 is 0 Å². The van der Waals surface area contributed by atoms with Gasteiger partial charge >= 0.3 is 12.4 Å². The van der Waals surface area contributed by atoms with Crippen molar-refractivity contribution in [3.63, 3.8) is 0 Å². The highest BCUT2D eigenvalue weighted by molar-refractivity contribution is 5.95. The monoisotopic (exact) mass is 561 g/mol. The Morgan fingerprint density at radius 1 is 1.02 bits per heavy atom. The van der Waals surface area contributed by atoms with Gasteiger partial charge in [0.05, 0.1) is 17.7 Å². The lowest BCUT2D eigenvalue weighted by molar-refractivity contribution is -0.143. The smallest absolute Gasteiger partial charge is 0.416 e. The molecule has 3 aromatic rings. The maximum atomic E-state index is 13.5. The van der Waals surface area contributed by atoms with E-state index in [1.807, 2.05) is 4.90 Å². The van der Waals surface area contributed by atoms with E-state index < -0.39 is 41.0 Å². The van der Waals surface area contributed by atoms with Crippen molar-refractivity contribution in [2.75, 3.05) is 26.2 Å². The summed E-state index contributed by atoms with van der Waals surface area (Å²) in [5, 5.41) is 10.1. The van der Waals surface area contributed by atoms with Gasteiger partial charge in [-0.2, -0.15) is 26.3 Å². The van der Waals surface area contributed by atoms with Crippen LogP contribution in [-0.2, 0) is 18.8 Å². The Balaban J connectivity index is 1.63. The number of phenolic OH excluding ortho intramolecular Hbond substituents is 1. The summed E-state index contributed by atoms with van der Waals surface area (Å²) in [6, 6.07) is 8.84. The van der Waals surface area contributed by atoms with Crippen molar-refractivity contribution in [2.45, 2.75) is 31.7 Å². The van der Waals surface area contributed by atoms with Gasteiger partial charge in [0.25, 0.3) is 5.91 Å². The molecule has 210 valence electrons. The number of hydrogen-bond donors (Lipinski definition) is 1. The van der Waals surface area contributed by atoms with Crippen molar-refractivity contribution in [1.82, 2.24) is 14.8 Å². The first-order valence-electron chi connectivity index (χ1n) is 12.3. The molecule has 1 aliphatic rings. The molecule has 0 radical (unpaired) electrons. The van der Waals surface area contributed by atoms with Gasteiger partial charge in [-0.25, -0.2) is 0 Å². The minimum atomic E-state index is -5.07. The van der Waals surface area contributed by atoms with Crippen molar-refractivity contribution in [1.29, 1.82) is 0 Å². The zero-order valence-electron chi connectivity index (χ0n) is 21.4. The Bertz CT molecular complexity index is 1400. The fraction of sp³-hybridized carbons (Fsp3) is 0.310. The minimum absolute atomic E-state index is 0.00219. The summed E-state index contributed by atoms with van der Waals surface area (Å²) < 4.78 is 80.6. The molecule has 1 N–H and O–H groups in total. The largest absolute Gasteiger partial charge is 0.508 e. The van der Waals surface area contributed by atoms with Crippen LogP contribution in [-0.4, -0.2) is 58.0 Å². The number of phenols is 1. The SMILES string of the molecule is Cc1ccc(CC2CN(CC#Cc3cccnc3)CCN2C(=O)c2cc(C(F)(F)F)cc(C(F)(F)F)c2)cc1O. The number of carbonyl (C=O) groups excluding carboxylic acids is 1. The lowest BCUT2D eigenvalue weighted by atomic mass is 9.98. The highest BCUT2D eigenvalue weighted by Crippen LogP contribution is 2.37. The number of piperazine rings is 1. The average molecular weight is 562 g/mol. The normalized spacial score (nSPS) is 16.4. The second-order valence-corrected chi connectivity index (χ2v) is 9.55. The van der Waals surface area contributed by atoms with E-state index in [0.717, 1.165) is 0 Å². The number of pyridine rings is 1. The quantitative estimate of drug-likeness (QED) is 0.335. The number of alkyl halides is 6. The lowest BCUT2D eigenvalue weighted by Crippen LogP contribution is -2.56. The first-order chi connectivity index (χ1) is 18.8. The van der Waals surface area contributed by atoms with E-state index in [2.05, 4.69) is 16.8 Å². The number of aryl methyl sites for hydroxylation is 1. The van der Waals surface area contributed by atoms with Crippen molar-refractivity contribution in [2.24, 2.45) is 0 Å². The van der Waals surface area contributed by atoms with Gasteiger partial charge in [-0.05, 0) is 60.9 Å². The number of nitrogens with zero attached hydrogens (tertiary/aromatic N) is 3. The highest BCUT2D eigenvalue weighted by Gasteiger charge is 2.39. The van der Waals surface area contributed by atoms with Crippen LogP contribution in [0.1, 0.15) is 38.2 Å². The highest BCUT2D eigenvalue weighted by atomic mass is 19.4. The molecule has 0 bridgehead atoms. The Morgan fingerprint density at radius 3 is 2.33 bits per heavy atom. The summed E-state index contributed by atoms with van der Waals surface area (Å²) in [5.41, 5.74) is -1.77. The number of aromatic nitrogens is 1. The predicted molar refractivity (Wildman–Crippen MR) is 135 cm³/mol. The summed E-state index contributed by atoms with van der Waals surface area (Å²) in [6.45, 7) is 2.69. The van der Waals surface area contributed by atoms with E-state index in [1.54, 1.807) is 43.6 Å². The van der Waals surface area contributed by atoms with Crippen LogP contribution in [0.2, 0.25) is 0 Å². The molecule has 11 heteroatoms. The fourth-order valence-electron chi connectivity index (χ4n) is 4.49. The van der Waals surface area contributed by atoms with Gasteiger partial charge in [0, 0.05) is 49.2 Å². The lowest BCUT2D eigenvalue weighted by Gasteiger charge is -2.41. The summed E-state index contributed by atoms with van der Waals surface area (Å²) in [5.74, 6) is 5.14. The van der Waals surface area contributed by atoms with E-state index in [1.165, 1.54) is 11.0 Å². The van der Waals surface area contributed by atoms with Crippen LogP contribution in [0, 0.1) is 18.8 Å². The van der Waals surface area contributed by atoms with Gasteiger partial charge in [0.15, 0.2) is 0 Å². The number of aromatic hydroxyl groups is 1. The fourth-order valence-corrected chi connectivity index (χ4v) is 4.49. The van der Waals surface area contributed by atoms with Crippen LogP contribution >= 0.6 is 0 Å². The van der Waals surface area contributed by atoms with E-state index in [-0.39, 0.29) is 31.3 Å². The van der Waals surface area contributed by atoms with Gasteiger partial charge < -0.3 is 10.0 Å². The third-order valence-electron chi connectivity index (χ3n) is 6.60. The van der Waals surface area contributed by atoms with Crippen LogP contribution in [0.25, 0.3) is 0 Å². The molecule has 1 aromatic heterocycles. The molecule has 5 nitrogen and oxygen atoms in total. The predicted octanol–water partition coefficient (Wildman–Crippen LogP) is 5.55. The summed E-state index contributed by atoms with van der Waals surface area (Å²) in [6.07, 6.45) is -6.68. The molecule has 2 heterocycles. The molecule has 40 heavy (non-hydrogen) atoms. The molecule has 0 saturated carbocycles. The number of halogens is 6. The molecule has 1 aliphatic heterocycles. The Morgan fingerprint density at radius 2 is 1.73 bits per heavy atom. The second-order valence-electron chi connectivity index (χ2n) is 9.55. The molecule has 1 unspecified atom stereocenters. The maximum absolute atomic E-state index is 13.5. The number of amides is 1. The van der Waals surface area contributed by atoms with Crippen LogP contribution in [0.4, 0.5) is 26.3 Å². The molecule has 4 rings (SSSR count). The zero-order chi connectivity index (χ0) is 29.1. The van der Waals surface area contributed by atoms with Gasteiger partial charge in [-0.1, -0.05) is 24.0 Å². The second kappa shape index (κ2) is 11.6. The third-order valence-corrected chi connectivity index (χ3v) is 6.60. The van der Waals surface area contributed by atoms with Crippen molar-refractivity contribution in [3.8, 4) is 17.6 Å². The van der Waals surface area contributed by atoms with Crippen molar-refractivity contribution in [3.05, 3.63) is 94.3 Å². The Hall–Kier alpha value is -4.04. The maximum Gasteiger partial charge on any atom is 0.416 e. The summed E-state index contributed by atoms with van der Waals surface area (Å²) >= 11 is 0. The van der Waals surface area contributed by atoms with E-state index in [0.29, 0.717) is 41.9 Å². The van der Waals surface area contributed by atoms with Crippen LogP contribution < -0.4 is 0 Å². The van der Waals surface area contributed by atoms with Gasteiger partial charge in [-0.15, -0.1) is 0 Å². The average Bonchev–Trinajstić information content (AvgIpc) is 2.90. The summed E-state index contributed by atoms with van der Waals surface area (Å²) in [4.78, 5) is 20.7. The molecular formula is C29H25F6N3O2. The van der Waals surface area contributed by atoms with Crippen molar-refractivity contribution >= 4 is 5.91 Å². The molecule has 1 fully saturated rings. The van der Waals surface area contributed by atoms with Gasteiger partial charge in [-0.3, -0.25) is 14.7 Å². The van der Waals surface area contributed by atoms with Crippen molar-refractivity contribution < 1.29 is 36.2 Å². The molecule has 1 amide bonds. The van der Waals surface area contributed by atoms with Crippen LogP contribution in [0.3, 0.4) is 0 Å². The van der Waals surface area contributed by atoms with Crippen LogP contribution in [0.5, 0.6) is 5.75 Å². The summed E-state index contributed by atoms with van der Waals surface area (Å²) in [7, 11) is 0. The first-order valence-corrected chi connectivity index (χ1v) is 12.3. The standard InChI is InChI=1S/C29H25F6N3O2/c1-19-6-7-21(13-26(19)39)12-25-18-37(9-3-5-20-4-2-8-36-17-20)10-11-38(25)27(40)22-14-23(28(30,31)32)16-24(15-22)29(33,34)35/h2,4,6-8,13-17,25,39H,9-12,18H2,1H3. The van der Waals surface area contributed by atoms with Gasteiger partial charge in [0.2, 0.25) is 0 Å². The molecule has 2 aromatic carbocycles. The zero-order valence-corrected chi connectivity index (χ0v) is 21.4. The van der Waals surface area contributed by atoms with E-state index in [9.17, 15) is 36.2 Å². The number of rotatable bonds is 4. The molecule has 0 spiro atoms. The minimum Gasteiger partial charge on any atom is -0.508 e. The Kier molecular flexibility index (Phi) is 8.40. The topological polar surface area (TPSA) is 56.7 Å². The number of carbonyl (C=O) groups is 1. The first kappa shape index (κ1) is 29.0. The molecule has 0 aliphatic carbocycles. The van der Waals surface area contributed by atoms with E-state index in [4.69, 9.17) is 0 Å².